The van der Waals surface area contributed by atoms with Crippen molar-refractivity contribution in [3.05, 3.63) is 29.8 Å². The number of ether oxygens (including phenoxy) is 1. The quantitative estimate of drug-likeness (QED) is 0.764. The number of carbonyl (C=O) groups is 3. The molecular weight excluding hydrogens is 332 g/mol. The minimum Gasteiger partial charge on any atom is -0.452 e. The number of benzene rings is 1. The van der Waals surface area contributed by atoms with E-state index in [1.165, 1.54) is 13.3 Å². The molecule has 6 heteroatoms. The second kappa shape index (κ2) is 9.36. The number of anilines is 1. The zero-order chi connectivity index (χ0) is 19.1. The van der Waals surface area contributed by atoms with Gasteiger partial charge in [0.05, 0.1) is 6.42 Å². The summed E-state index contributed by atoms with van der Waals surface area (Å²) in [5, 5.41) is 5.67. The lowest BCUT2D eigenvalue weighted by molar-refractivity contribution is -0.154. The van der Waals surface area contributed by atoms with Crippen LogP contribution < -0.4 is 10.6 Å². The highest BCUT2D eigenvalue weighted by Gasteiger charge is 2.26. The van der Waals surface area contributed by atoms with Gasteiger partial charge in [-0.3, -0.25) is 14.4 Å². The zero-order valence-electron chi connectivity index (χ0n) is 15.7. The van der Waals surface area contributed by atoms with Crippen molar-refractivity contribution in [2.45, 2.75) is 65.0 Å². The van der Waals surface area contributed by atoms with Gasteiger partial charge in [-0.15, -0.1) is 0 Å². The molecule has 0 radical (unpaired) electrons. The number of carbonyl (C=O) groups excluding carboxylic acids is 3. The molecule has 1 fully saturated rings. The van der Waals surface area contributed by atoms with E-state index in [9.17, 15) is 14.4 Å². The Morgan fingerprint density at radius 1 is 1.15 bits per heavy atom. The van der Waals surface area contributed by atoms with E-state index in [0.717, 1.165) is 24.8 Å². The highest BCUT2D eigenvalue weighted by Crippen LogP contribution is 2.23. The van der Waals surface area contributed by atoms with Gasteiger partial charge in [-0.05, 0) is 43.4 Å². The molecule has 1 aliphatic carbocycles. The third kappa shape index (κ3) is 6.17. The van der Waals surface area contributed by atoms with Gasteiger partial charge in [-0.1, -0.05) is 31.9 Å². The predicted octanol–water partition coefficient (Wildman–Crippen LogP) is 2.81. The third-order valence-electron chi connectivity index (χ3n) is 4.74. The Labute approximate surface area is 154 Å². The van der Waals surface area contributed by atoms with Gasteiger partial charge in [0.2, 0.25) is 5.91 Å². The molecule has 2 N–H and O–H groups in total. The average Bonchev–Trinajstić information content (AvgIpc) is 2.58. The van der Waals surface area contributed by atoms with E-state index in [-0.39, 0.29) is 24.3 Å². The van der Waals surface area contributed by atoms with Crippen LogP contribution in [0.5, 0.6) is 0 Å². The van der Waals surface area contributed by atoms with Gasteiger partial charge in [0, 0.05) is 18.7 Å². The van der Waals surface area contributed by atoms with Gasteiger partial charge in [0.15, 0.2) is 6.10 Å². The maximum Gasteiger partial charge on any atom is 0.311 e. The smallest absolute Gasteiger partial charge is 0.311 e. The lowest BCUT2D eigenvalue weighted by Crippen LogP contribution is -2.46. The fraction of sp³-hybridized carbons (Fsp3) is 0.550. The Bertz CT molecular complexity index is 642. The van der Waals surface area contributed by atoms with Gasteiger partial charge in [-0.25, -0.2) is 0 Å². The van der Waals surface area contributed by atoms with E-state index < -0.39 is 12.1 Å². The number of amides is 2. The van der Waals surface area contributed by atoms with E-state index in [2.05, 4.69) is 17.6 Å². The normalized spacial score (nSPS) is 20.7. The molecule has 0 saturated heterocycles. The standard InChI is InChI=1S/C20H28N2O4/c1-13-6-4-5-7-18(13)22-20(25)14(2)26-19(24)12-16-8-10-17(11-9-16)21-15(3)23/h8-11,13-14,18H,4-7,12H2,1-3H3,(H,21,23)(H,22,25)/t13-,14-,18-/m1/s1. The number of nitrogens with one attached hydrogen (secondary N) is 2. The maximum absolute atomic E-state index is 12.3. The van der Waals surface area contributed by atoms with E-state index in [4.69, 9.17) is 4.74 Å². The zero-order valence-corrected chi connectivity index (χ0v) is 15.7. The Morgan fingerprint density at radius 2 is 1.81 bits per heavy atom. The third-order valence-corrected chi connectivity index (χ3v) is 4.74. The van der Waals surface area contributed by atoms with Crippen LogP contribution in [-0.4, -0.2) is 29.9 Å². The van der Waals surface area contributed by atoms with Crippen LogP contribution in [0.3, 0.4) is 0 Å². The lowest BCUT2D eigenvalue weighted by atomic mass is 9.86. The monoisotopic (exact) mass is 360 g/mol. The van der Waals surface area contributed by atoms with Crippen molar-refractivity contribution in [2.75, 3.05) is 5.32 Å². The highest BCUT2D eigenvalue weighted by molar-refractivity contribution is 5.88. The van der Waals surface area contributed by atoms with Crippen LogP contribution >= 0.6 is 0 Å². The largest absolute Gasteiger partial charge is 0.452 e. The molecule has 1 aliphatic rings. The Hall–Kier alpha value is -2.37. The molecule has 0 aliphatic heterocycles. The van der Waals surface area contributed by atoms with E-state index in [1.54, 1.807) is 31.2 Å². The second-order valence-corrected chi connectivity index (χ2v) is 7.06. The van der Waals surface area contributed by atoms with Crippen molar-refractivity contribution in [2.24, 2.45) is 5.92 Å². The molecule has 0 aromatic heterocycles. The van der Waals surface area contributed by atoms with Gasteiger partial charge in [-0.2, -0.15) is 0 Å². The second-order valence-electron chi connectivity index (χ2n) is 7.06. The molecule has 0 unspecified atom stereocenters. The van der Waals surface area contributed by atoms with Crippen molar-refractivity contribution in [1.82, 2.24) is 5.32 Å². The molecule has 26 heavy (non-hydrogen) atoms. The molecule has 1 aromatic rings. The molecule has 1 aromatic carbocycles. The fourth-order valence-electron chi connectivity index (χ4n) is 3.20. The summed E-state index contributed by atoms with van der Waals surface area (Å²) in [7, 11) is 0. The van der Waals surface area contributed by atoms with E-state index in [1.807, 2.05) is 0 Å². The van der Waals surface area contributed by atoms with Crippen molar-refractivity contribution in [3.63, 3.8) is 0 Å². The number of rotatable bonds is 6. The Morgan fingerprint density at radius 3 is 2.42 bits per heavy atom. The number of esters is 1. The average molecular weight is 360 g/mol. The predicted molar refractivity (Wildman–Crippen MR) is 99.6 cm³/mol. The minimum atomic E-state index is -0.810. The summed E-state index contributed by atoms with van der Waals surface area (Å²) in [4.78, 5) is 35.3. The molecule has 0 spiro atoms. The van der Waals surface area contributed by atoms with Crippen LogP contribution in [0.2, 0.25) is 0 Å². The summed E-state index contributed by atoms with van der Waals surface area (Å²) in [5.41, 5.74) is 1.43. The molecule has 3 atom stereocenters. The first-order chi connectivity index (χ1) is 12.3. The minimum absolute atomic E-state index is 0.0812. The van der Waals surface area contributed by atoms with Crippen LogP contribution in [0.4, 0.5) is 5.69 Å². The van der Waals surface area contributed by atoms with E-state index in [0.29, 0.717) is 11.6 Å². The Balaban J connectivity index is 1.80. The topological polar surface area (TPSA) is 84.5 Å². The van der Waals surface area contributed by atoms with Crippen molar-refractivity contribution >= 4 is 23.5 Å². The van der Waals surface area contributed by atoms with Crippen LogP contribution in [0.25, 0.3) is 0 Å². The van der Waals surface area contributed by atoms with E-state index >= 15 is 0 Å². The van der Waals surface area contributed by atoms with Gasteiger partial charge in [0.25, 0.3) is 5.91 Å². The molecule has 0 bridgehead atoms. The molecule has 2 amide bonds. The first-order valence-corrected chi connectivity index (χ1v) is 9.21. The van der Waals surface area contributed by atoms with Crippen molar-refractivity contribution in [3.8, 4) is 0 Å². The fourth-order valence-corrected chi connectivity index (χ4v) is 3.20. The number of hydrogen-bond donors (Lipinski definition) is 2. The maximum atomic E-state index is 12.3. The first-order valence-electron chi connectivity index (χ1n) is 9.21. The molecule has 142 valence electrons. The highest BCUT2D eigenvalue weighted by atomic mass is 16.5. The summed E-state index contributed by atoms with van der Waals surface area (Å²) in [6.07, 6.45) is 3.70. The summed E-state index contributed by atoms with van der Waals surface area (Å²) in [5.74, 6) is -0.378. The SMILES string of the molecule is CC(=O)Nc1ccc(CC(=O)O[C@H](C)C(=O)N[C@@H]2CCCC[C@H]2C)cc1. The van der Waals surface area contributed by atoms with Crippen LogP contribution in [0.1, 0.15) is 52.0 Å². The van der Waals surface area contributed by atoms with Crippen LogP contribution in [0.15, 0.2) is 24.3 Å². The van der Waals surface area contributed by atoms with Crippen molar-refractivity contribution in [1.29, 1.82) is 0 Å². The number of hydrogen-bond acceptors (Lipinski definition) is 4. The van der Waals surface area contributed by atoms with Gasteiger partial charge >= 0.3 is 5.97 Å². The summed E-state index contributed by atoms with van der Waals surface area (Å²) < 4.78 is 5.27. The van der Waals surface area contributed by atoms with Gasteiger partial charge in [0.1, 0.15) is 0 Å². The molecule has 6 nitrogen and oxygen atoms in total. The van der Waals surface area contributed by atoms with Crippen molar-refractivity contribution < 1.29 is 19.1 Å². The van der Waals surface area contributed by atoms with Crippen LogP contribution in [0, 0.1) is 5.92 Å². The first kappa shape index (κ1) is 19.9. The Kier molecular flexibility index (Phi) is 7.18. The summed E-state index contributed by atoms with van der Waals surface area (Å²) in [6, 6.07) is 7.12. The molecular formula is C20H28N2O4. The molecule has 0 heterocycles. The summed E-state index contributed by atoms with van der Waals surface area (Å²) in [6.45, 7) is 5.18. The summed E-state index contributed by atoms with van der Waals surface area (Å²) >= 11 is 0. The molecule has 1 saturated carbocycles. The van der Waals surface area contributed by atoms with Gasteiger partial charge < -0.3 is 15.4 Å². The lowest BCUT2D eigenvalue weighted by Gasteiger charge is -2.30. The van der Waals surface area contributed by atoms with Crippen LogP contribution in [-0.2, 0) is 25.5 Å². The molecule has 2 rings (SSSR count).